The highest BCUT2D eigenvalue weighted by atomic mass is 32.2. The first kappa shape index (κ1) is 13.3. The fraction of sp³-hybridized carbons (Fsp3) is 1.00. The number of thioether (sulfide) groups is 1. The van der Waals surface area contributed by atoms with Crippen LogP contribution in [-0.4, -0.2) is 47.0 Å². The van der Waals surface area contributed by atoms with Crippen LogP contribution in [0.3, 0.4) is 0 Å². The summed E-state index contributed by atoms with van der Waals surface area (Å²) in [6.45, 7) is 1.29. The van der Waals surface area contributed by atoms with E-state index in [1.54, 1.807) is 0 Å². The van der Waals surface area contributed by atoms with Crippen molar-refractivity contribution in [3.63, 3.8) is 0 Å². The van der Waals surface area contributed by atoms with Crippen LogP contribution in [0.5, 0.6) is 0 Å². The Bertz CT molecular complexity index is 172. The molecule has 1 aliphatic carbocycles. The quantitative estimate of drug-likeness (QED) is 0.640. The van der Waals surface area contributed by atoms with Crippen molar-refractivity contribution in [2.24, 2.45) is 0 Å². The van der Waals surface area contributed by atoms with Gasteiger partial charge in [-0.25, -0.2) is 0 Å². The molecule has 0 heterocycles. The largest absolute Gasteiger partial charge is 0.394 e. The third-order valence-electron chi connectivity index (χ3n) is 3.24. The molecule has 0 aliphatic heterocycles. The maximum Gasteiger partial charge on any atom is 0.0894 e. The lowest BCUT2D eigenvalue weighted by Gasteiger charge is -2.36. The lowest BCUT2D eigenvalue weighted by Crippen LogP contribution is -2.42. The van der Waals surface area contributed by atoms with Crippen molar-refractivity contribution in [3.8, 4) is 0 Å². The molecule has 0 radical (unpaired) electrons. The van der Waals surface area contributed by atoms with Gasteiger partial charge in [0.15, 0.2) is 0 Å². The van der Waals surface area contributed by atoms with Crippen molar-refractivity contribution in [2.75, 3.05) is 26.0 Å². The van der Waals surface area contributed by atoms with Crippen molar-refractivity contribution in [3.05, 3.63) is 0 Å². The molecule has 3 nitrogen and oxygen atoms in total. The normalized spacial score (nSPS) is 22.6. The van der Waals surface area contributed by atoms with Crippen LogP contribution in [0.1, 0.15) is 32.1 Å². The lowest BCUT2D eigenvalue weighted by molar-refractivity contribution is 0.0936. The van der Waals surface area contributed by atoms with Gasteiger partial charge in [-0.15, -0.1) is 0 Å². The Morgan fingerprint density at radius 3 is 2.53 bits per heavy atom. The zero-order valence-corrected chi connectivity index (χ0v) is 10.4. The summed E-state index contributed by atoms with van der Waals surface area (Å²) in [5.41, 5.74) is 0. The first-order valence-corrected chi connectivity index (χ1v) is 7.00. The molecule has 1 aliphatic rings. The van der Waals surface area contributed by atoms with E-state index in [1.165, 1.54) is 32.1 Å². The van der Waals surface area contributed by atoms with Crippen molar-refractivity contribution in [1.82, 2.24) is 5.32 Å². The number of aliphatic hydroxyl groups excluding tert-OH is 2. The van der Waals surface area contributed by atoms with Gasteiger partial charge in [-0.05, 0) is 19.1 Å². The highest BCUT2D eigenvalue weighted by Crippen LogP contribution is 2.37. The van der Waals surface area contributed by atoms with Gasteiger partial charge < -0.3 is 15.5 Å². The minimum atomic E-state index is -0.618. The third-order valence-corrected chi connectivity index (χ3v) is 4.65. The summed E-state index contributed by atoms with van der Waals surface area (Å²) in [4.78, 5) is 0. The topological polar surface area (TPSA) is 52.5 Å². The van der Waals surface area contributed by atoms with Crippen LogP contribution in [0.15, 0.2) is 0 Å². The second-order valence-corrected chi connectivity index (χ2v) is 5.69. The molecule has 0 unspecified atom stereocenters. The van der Waals surface area contributed by atoms with E-state index in [0.29, 0.717) is 11.3 Å². The molecule has 4 heteroatoms. The molecule has 15 heavy (non-hydrogen) atoms. The SMILES string of the molecule is CSC1(CNC[C@H](O)CO)CCCCC1. The van der Waals surface area contributed by atoms with E-state index in [4.69, 9.17) is 5.11 Å². The number of hydrogen-bond acceptors (Lipinski definition) is 4. The van der Waals surface area contributed by atoms with Crippen LogP contribution in [0, 0.1) is 0 Å². The zero-order chi connectivity index (χ0) is 11.1. The van der Waals surface area contributed by atoms with Gasteiger partial charge in [0, 0.05) is 17.8 Å². The van der Waals surface area contributed by atoms with Gasteiger partial charge in [-0.2, -0.15) is 11.8 Å². The molecule has 0 aromatic rings. The molecule has 1 saturated carbocycles. The molecule has 90 valence electrons. The fourth-order valence-corrected chi connectivity index (χ4v) is 3.12. The van der Waals surface area contributed by atoms with Gasteiger partial charge in [0.2, 0.25) is 0 Å². The number of rotatable bonds is 6. The highest BCUT2D eigenvalue weighted by molar-refractivity contribution is 8.00. The van der Waals surface area contributed by atoms with Gasteiger partial charge in [0.1, 0.15) is 0 Å². The molecule has 1 atom stereocenters. The molecule has 0 saturated heterocycles. The minimum Gasteiger partial charge on any atom is -0.394 e. The maximum atomic E-state index is 9.22. The summed E-state index contributed by atoms with van der Waals surface area (Å²) < 4.78 is 0.368. The van der Waals surface area contributed by atoms with Gasteiger partial charge in [-0.1, -0.05) is 19.3 Å². The highest BCUT2D eigenvalue weighted by Gasteiger charge is 2.30. The summed E-state index contributed by atoms with van der Waals surface area (Å²) in [7, 11) is 0. The molecular weight excluding hydrogens is 210 g/mol. The van der Waals surface area contributed by atoms with Crippen LogP contribution < -0.4 is 5.32 Å². The molecule has 3 N–H and O–H groups in total. The average molecular weight is 233 g/mol. The Labute approximate surface area is 96.6 Å². The summed E-state index contributed by atoms with van der Waals surface area (Å²) in [6, 6.07) is 0. The van der Waals surface area contributed by atoms with Gasteiger partial charge in [-0.3, -0.25) is 0 Å². The number of hydrogen-bond donors (Lipinski definition) is 3. The molecule has 1 fully saturated rings. The molecule has 0 aromatic carbocycles. The number of aliphatic hydroxyl groups is 2. The molecule has 0 spiro atoms. The second kappa shape index (κ2) is 6.74. The Morgan fingerprint density at radius 2 is 2.00 bits per heavy atom. The summed E-state index contributed by atoms with van der Waals surface area (Å²) in [5.74, 6) is 0. The van der Waals surface area contributed by atoms with Crippen LogP contribution in [0.4, 0.5) is 0 Å². The fourth-order valence-electron chi connectivity index (χ4n) is 2.18. The predicted molar refractivity (Wildman–Crippen MR) is 65.3 cm³/mol. The second-order valence-electron chi connectivity index (χ2n) is 4.42. The predicted octanol–water partition coefficient (Wildman–Crippen LogP) is 0.995. The first-order valence-electron chi connectivity index (χ1n) is 5.77. The Kier molecular flexibility index (Phi) is 5.97. The van der Waals surface area contributed by atoms with Crippen molar-refractivity contribution >= 4 is 11.8 Å². The van der Waals surface area contributed by atoms with E-state index < -0.39 is 6.10 Å². The molecule has 0 amide bonds. The maximum absolute atomic E-state index is 9.22. The van der Waals surface area contributed by atoms with E-state index >= 15 is 0 Å². The average Bonchev–Trinajstić information content (AvgIpc) is 2.30. The Balaban J connectivity index is 2.26. The van der Waals surface area contributed by atoms with E-state index in [1.807, 2.05) is 11.8 Å². The van der Waals surface area contributed by atoms with Gasteiger partial charge in [0.25, 0.3) is 0 Å². The zero-order valence-electron chi connectivity index (χ0n) is 9.54. The summed E-state index contributed by atoms with van der Waals surface area (Å²) >= 11 is 1.95. The summed E-state index contributed by atoms with van der Waals surface area (Å²) in [6.07, 6.45) is 8.12. The van der Waals surface area contributed by atoms with E-state index in [2.05, 4.69) is 11.6 Å². The van der Waals surface area contributed by atoms with Crippen LogP contribution in [0.25, 0.3) is 0 Å². The van der Waals surface area contributed by atoms with Crippen molar-refractivity contribution < 1.29 is 10.2 Å². The standard InChI is InChI=1S/C11H23NO2S/c1-15-11(5-3-2-4-6-11)9-12-7-10(14)8-13/h10,12-14H,2-9H2,1H3/t10-/m0/s1. The van der Waals surface area contributed by atoms with Crippen LogP contribution >= 0.6 is 11.8 Å². The van der Waals surface area contributed by atoms with Crippen molar-refractivity contribution in [1.29, 1.82) is 0 Å². The minimum absolute atomic E-state index is 0.154. The van der Waals surface area contributed by atoms with Crippen LogP contribution in [-0.2, 0) is 0 Å². The Hall–Kier alpha value is 0.230. The van der Waals surface area contributed by atoms with E-state index in [-0.39, 0.29) is 6.61 Å². The number of nitrogens with one attached hydrogen (secondary N) is 1. The van der Waals surface area contributed by atoms with Gasteiger partial charge >= 0.3 is 0 Å². The van der Waals surface area contributed by atoms with E-state index in [0.717, 1.165) is 6.54 Å². The van der Waals surface area contributed by atoms with Gasteiger partial charge in [0.05, 0.1) is 12.7 Å². The molecule has 0 bridgehead atoms. The van der Waals surface area contributed by atoms with Crippen LogP contribution in [0.2, 0.25) is 0 Å². The Morgan fingerprint density at radius 1 is 1.33 bits per heavy atom. The molecule has 0 aromatic heterocycles. The van der Waals surface area contributed by atoms with E-state index in [9.17, 15) is 5.11 Å². The summed E-state index contributed by atoms with van der Waals surface area (Å²) in [5, 5.41) is 21.2. The monoisotopic (exact) mass is 233 g/mol. The first-order chi connectivity index (χ1) is 7.22. The molecule has 1 rings (SSSR count). The smallest absolute Gasteiger partial charge is 0.0894 e. The van der Waals surface area contributed by atoms with Crippen molar-refractivity contribution in [2.45, 2.75) is 43.0 Å². The third kappa shape index (κ3) is 4.31. The molecular formula is C11H23NO2S. The lowest BCUT2D eigenvalue weighted by atomic mass is 9.88.